The summed E-state index contributed by atoms with van der Waals surface area (Å²) in [7, 11) is 1.47. The van der Waals surface area contributed by atoms with Crippen LogP contribution in [-0.4, -0.2) is 0 Å². The van der Waals surface area contributed by atoms with Crippen molar-refractivity contribution in [1.82, 2.24) is 0 Å². The summed E-state index contributed by atoms with van der Waals surface area (Å²) >= 11 is 0. The molecule has 1 heteroatoms. The minimum atomic E-state index is 1.25. The second-order valence-electron chi connectivity index (χ2n) is 4.05. The second-order valence-corrected chi connectivity index (χ2v) is 5.30. The first-order valence-corrected chi connectivity index (χ1v) is 6.79. The van der Waals surface area contributed by atoms with Crippen molar-refractivity contribution in [2.45, 2.75) is 39.5 Å². The van der Waals surface area contributed by atoms with Crippen molar-refractivity contribution in [3.8, 4) is 0 Å². The number of hydrogen-bond donors (Lipinski definition) is 0. The topological polar surface area (TPSA) is 0 Å². The Bertz CT molecular complexity index is 377. The van der Waals surface area contributed by atoms with Gasteiger partial charge in [-0.25, -0.2) is 0 Å². The van der Waals surface area contributed by atoms with Gasteiger partial charge >= 0.3 is 0 Å². The zero-order valence-electron chi connectivity index (χ0n) is 9.59. The van der Waals surface area contributed by atoms with E-state index in [-0.39, 0.29) is 0 Å². The Balaban J connectivity index is 2.34. The van der Waals surface area contributed by atoms with Gasteiger partial charge in [0, 0.05) is 0 Å². The molecule has 1 radical (unpaired) electrons. The lowest BCUT2D eigenvalue weighted by Gasteiger charge is -2.05. The van der Waals surface area contributed by atoms with Crippen molar-refractivity contribution in [3.05, 3.63) is 35.1 Å². The first-order valence-electron chi connectivity index (χ1n) is 5.90. The van der Waals surface area contributed by atoms with E-state index in [9.17, 15) is 0 Å². The van der Waals surface area contributed by atoms with Gasteiger partial charge in [-0.3, -0.25) is 0 Å². The molecule has 0 aliphatic carbocycles. The van der Waals surface area contributed by atoms with E-state index in [0.29, 0.717) is 0 Å². The highest BCUT2D eigenvalue weighted by molar-refractivity contribution is 7.53. The third-order valence-electron chi connectivity index (χ3n) is 2.82. The summed E-state index contributed by atoms with van der Waals surface area (Å²) in [6.07, 6.45) is 5.04. The van der Waals surface area contributed by atoms with Gasteiger partial charge in [0.1, 0.15) is 0 Å². The van der Waals surface area contributed by atoms with Crippen LogP contribution in [0.15, 0.2) is 29.6 Å². The lowest BCUT2D eigenvalue weighted by atomic mass is 10.00. The van der Waals surface area contributed by atoms with Gasteiger partial charge in [0.2, 0.25) is 0 Å². The summed E-state index contributed by atoms with van der Waals surface area (Å²) < 4.78 is 0. The molecule has 0 amide bonds. The number of rotatable bonds is 4. The van der Waals surface area contributed by atoms with E-state index in [1.54, 1.807) is 10.9 Å². The smallest absolute Gasteiger partial charge is 0.00741 e. The lowest BCUT2D eigenvalue weighted by Crippen LogP contribution is -1.96. The van der Waals surface area contributed by atoms with Crippen molar-refractivity contribution < 1.29 is 0 Å². The quantitative estimate of drug-likeness (QED) is 0.647. The van der Waals surface area contributed by atoms with Crippen molar-refractivity contribution in [2.24, 2.45) is 0 Å². The standard InChI is InChI=1S/C14H18P/c1-3-7-11-12-9-5-6-10-14(12)15-13(11)8-4-2/h5-6,9-10H,3-4,7-8H2,1-2H3. The molecule has 0 bridgehead atoms. The van der Waals surface area contributed by atoms with Crippen molar-refractivity contribution in [1.29, 1.82) is 0 Å². The fourth-order valence-electron chi connectivity index (χ4n) is 2.17. The Hall–Kier alpha value is -0.610. The summed E-state index contributed by atoms with van der Waals surface area (Å²) in [5.41, 5.74) is 3.15. The van der Waals surface area contributed by atoms with Gasteiger partial charge < -0.3 is 0 Å². The zero-order chi connectivity index (χ0) is 10.7. The van der Waals surface area contributed by atoms with Gasteiger partial charge in [-0.2, -0.15) is 0 Å². The van der Waals surface area contributed by atoms with Crippen LogP contribution in [-0.2, 0) is 0 Å². The summed E-state index contributed by atoms with van der Waals surface area (Å²) in [4.78, 5) is 0. The van der Waals surface area contributed by atoms with Gasteiger partial charge in [-0.1, -0.05) is 51.0 Å². The van der Waals surface area contributed by atoms with E-state index in [4.69, 9.17) is 0 Å². The fourth-order valence-corrected chi connectivity index (χ4v) is 3.65. The van der Waals surface area contributed by atoms with Crippen molar-refractivity contribution in [2.75, 3.05) is 0 Å². The molecule has 0 unspecified atom stereocenters. The molecule has 0 nitrogen and oxygen atoms in total. The molecule has 0 N–H and O–H groups in total. The molecule has 0 saturated heterocycles. The Morgan fingerprint density at radius 1 is 1.00 bits per heavy atom. The summed E-state index contributed by atoms with van der Waals surface area (Å²) in [5, 5.41) is 3.19. The molecule has 0 fully saturated rings. The molecule has 0 saturated carbocycles. The third kappa shape index (κ3) is 2.16. The maximum Gasteiger partial charge on any atom is -0.00741 e. The van der Waals surface area contributed by atoms with E-state index < -0.39 is 0 Å². The van der Waals surface area contributed by atoms with Crippen LogP contribution in [0.2, 0.25) is 0 Å². The van der Waals surface area contributed by atoms with Gasteiger partial charge in [-0.05, 0) is 43.2 Å². The number of hydrogen-bond acceptors (Lipinski definition) is 0. The van der Waals surface area contributed by atoms with Crippen molar-refractivity contribution in [3.63, 3.8) is 0 Å². The minimum Gasteiger partial charge on any atom is -0.0651 e. The molecule has 1 aliphatic rings. The summed E-state index contributed by atoms with van der Waals surface area (Å²) in [6, 6.07) is 8.88. The van der Waals surface area contributed by atoms with Crippen molar-refractivity contribution >= 4 is 19.5 Å². The monoisotopic (exact) mass is 217 g/mol. The van der Waals surface area contributed by atoms with Crippen LogP contribution in [0.25, 0.3) is 5.57 Å². The lowest BCUT2D eigenvalue weighted by molar-refractivity contribution is 0.926. The van der Waals surface area contributed by atoms with Crippen LogP contribution < -0.4 is 5.30 Å². The average Bonchev–Trinajstić information content (AvgIpc) is 2.59. The predicted octanol–water partition coefficient (Wildman–Crippen LogP) is 4.58. The van der Waals surface area contributed by atoms with Gasteiger partial charge in [0.05, 0.1) is 0 Å². The Labute approximate surface area is 94.6 Å². The van der Waals surface area contributed by atoms with Gasteiger partial charge in [0.25, 0.3) is 0 Å². The Kier molecular flexibility index (Phi) is 3.59. The van der Waals surface area contributed by atoms with Crippen LogP contribution in [0.5, 0.6) is 0 Å². The summed E-state index contributed by atoms with van der Waals surface area (Å²) in [5.74, 6) is 0. The Morgan fingerprint density at radius 3 is 2.47 bits per heavy atom. The highest BCUT2D eigenvalue weighted by atomic mass is 31.1. The number of fused-ring (bicyclic) bond motifs is 1. The van der Waals surface area contributed by atoms with Crippen LogP contribution in [0.3, 0.4) is 0 Å². The molecule has 1 heterocycles. The van der Waals surface area contributed by atoms with E-state index in [1.165, 1.54) is 45.1 Å². The Morgan fingerprint density at radius 2 is 1.73 bits per heavy atom. The van der Waals surface area contributed by atoms with Gasteiger partial charge in [0.15, 0.2) is 0 Å². The largest absolute Gasteiger partial charge is 0.0651 e. The molecule has 79 valence electrons. The van der Waals surface area contributed by atoms with Crippen LogP contribution in [0.1, 0.15) is 45.1 Å². The highest BCUT2D eigenvalue weighted by Crippen LogP contribution is 2.43. The SMILES string of the molecule is CCCC1=C(CCC)c2ccccc2[P]1. The normalized spacial score (nSPS) is 16.1. The molecule has 0 spiro atoms. The van der Waals surface area contributed by atoms with Crippen LogP contribution in [0, 0.1) is 0 Å². The van der Waals surface area contributed by atoms with E-state index >= 15 is 0 Å². The van der Waals surface area contributed by atoms with E-state index in [1.807, 2.05) is 0 Å². The molecular formula is C14H18P. The third-order valence-corrected chi connectivity index (χ3v) is 4.21. The molecular weight excluding hydrogens is 199 g/mol. The van der Waals surface area contributed by atoms with Crippen LogP contribution in [0.4, 0.5) is 0 Å². The average molecular weight is 217 g/mol. The maximum absolute atomic E-state index is 2.29. The molecule has 0 atom stereocenters. The fraction of sp³-hybridized carbons (Fsp3) is 0.429. The first-order chi connectivity index (χ1) is 7.36. The van der Waals surface area contributed by atoms with Crippen LogP contribution >= 0.6 is 8.58 Å². The highest BCUT2D eigenvalue weighted by Gasteiger charge is 2.19. The number of benzene rings is 1. The van der Waals surface area contributed by atoms with E-state index in [2.05, 4.69) is 38.1 Å². The molecule has 15 heavy (non-hydrogen) atoms. The molecule has 1 aliphatic heterocycles. The maximum atomic E-state index is 2.29. The summed E-state index contributed by atoms with van der Waals surface area (Å²) in [6.45, 7) is 4.55. The molecule has 1 aromatic carbocycles. The van der Waals surface area contributed by atoms with E-state index in [0.717, 1.165) is 0 Å². The second kappa shape index (κ2) is 4.94. The first kappa shape index (κ1) is 10.9. The van der Waals surface area contributed by atoms with Gasteiger partial charge in [-0.15, -0.1) is 0 Å². The predicted molar refractivity (Wildman–Crippen MR) is 69.7 cm³/mol. The minimum absolute atomic E-state index is 1.25. The molecule has 0 aromatic heterocycles. The zero-order valence-corrected chi connectivity index (χ0v) is 10.5. The molecule has 1 aromatic rings. The number of allylic oxidation sites excluding steroid dienone is 2. The molecule has 2 rings (SSSR count).